The molecule has 2 aromatic carbocycles. The fourth-order valence-electron chi connectivity index (χ4n) is 1.73. The maximum atomic E-state index is 5.84. The van der Waals surface area contributed by atoms with Gasteiger partial charge in [-0.3, -0.25) is 0 Å². The van der Waals surface area contributed by atoms with E-state index >= 15 is 0 Å². The van der Waals surface area contributed by atoms with Crippen molar-refractivity contribution < 1.29 is 4.74 Å². The Kier molecular flexibility index (Phi) is 4.15. The summed E-state index contributed by atoms with van der Waals surface area (Å²) in [5.74, 6) is 1.75. The van der Waals surface area contributed by atoms with Crippen molar-refractivity contribution in [2.24, 2.45) is 0 Å². The van der Waals surface area contributed by atoms with Crippen LogP contribution in [0.1, 0.15) is 11.1 Å². The highest BCUT2D eigenvalue weighted by atomic mass is 32.2. The van der Waals surface area contributed by atoms with Gasteiger partial charge in [0.25, 0.3) is 0 Å². The van der Waals surface area contributed by atoms with Crippen LogP contribution in [0.25, 0.3) is 0 Å². The van der Waals surface area contributed by atoms with Gasteiger partial charge in [0, 0.05) is 22.4 Å². The molecule has 2 nitrogen and oxygen atoms in total. The number of nitrogen functional groups attached to an aromatic ring is 1. The van der Waals surface area contributed by atoms with Gasteiger partial charge in [-0.1, -0.05) is 24.3 Å². The molecule has 0 aliphatic heterocycles. The highest BCUT2D eigenvalue weighted by molar-refractivity contribution is 7.98. The number of ether oxygens (including phenoxy) is 1. The second kappa shape index (κ2) is 5.83. The van der Waals surface area contributed by atoms with Gasteiger partial charge in [-0.05, 0) is 30.2 Å². The molecule has 18 heavy (non-hydrogen) atoms. The molecule has 3 heteroatoms. The second-order valence-corrected chi connectivity index (χ2v) is 5.21. The number of aryl methyl sites for hydroxylation is 1. The third-order valence-electron chi connectivity index (χ3n) is 2.79. The van der Waals surface area contributed by atoms with Crippen LogP contribution in [-0.4, -0.2) is 7.11 Å². The minimum absolute atomic E-state index is 0.738. The molecule has 0 saturated carbocycles. The average Bonchev–Trinajstić information content (AvgIpc) is 2.37. The van der Waals surface area contributed by atoms with Gasteiger partial charge in [0.1, 0.15) is 5.75 Å². The van der Waals surface area contributed by atoms with Crippen LogP contribution in [0, 0.1) is 6.92 Å². The lowest BCUT2D eigenvalue weighted by Gasteiger charge is -2.08. The van der Waals surface area contributed by atoms with Crippen molar-refractivity contribution in [1.82, 2.24) is 0 Å². The largest absolute Gasteiger partial charge is 0.497 e. The van der Waals surface area contributed by atoms with E-state index in [1.807, 2.05) is 18.2 Å². The van der Waals surface area contributed by atoms with E-state index in [9.17, 15) is 0 Å². The first-order valence-corrected chi connectivity index (χ1v) is 6.79. The molecule has 0 radical (unpaired) electrons. The highest BCUT2D eigenvalue weighted by Crippen LogP contribution is 2.29. The summed E-state index contributed by atoms with van der Waals surface area (Å²) in [7, 11) is 1.66. The Morgan fingerprint density at radius 1 is 1.17 bits per heavy atom. The average molecular weight is 259 g/mol. The van der Waals surface area contributed by atoms with Gasteiger partial charge in [0.2, 0.25) is 0 Å². The zero-order valence-corrected chi connectivity index (χ0v) is 11.5. The molecule has 2 N–H and O–H groups in total. The summed E-state index contributed by atoms with van der Waals surface area (Å²) in [6, 6.07) is 14.3. The third kappa shape index (κ3) is 3.20. The summed E-state index contributed by atoms with van der Waals surface area (Å²) < 4.78 is 5.22. The van der Waals surface area contributed by atoms with Crippen LogP contribution in [0.3, 0.4) is 0 Å². The monoisotopic (exact) mass is 259 g/mol. The maximum Gasteiger partial charge on any atom is 0.122 e. The first kappa shape index (κ1) is 12.8. The van der Waals surface area contributed by atoms with Gasteiger partial charge in [-0.25, -0.2) is 0 Å². The van der Waals surface area contributed by atoms with Crippen LogP contribution in [0.4, 0.5) is 5.69 Å². The molecule has 0 bridgehead atoms. The lowest BCUT2D eigenvalue weighted by atomic mass is 10.1. The van der Waals surface area contributed by atoms with E-state index in [1.54, 1.807) is 18.9 Å². The zero-order valence-electron chi connectivity index (χ0n) is 10.6. The van der Waals surface area contributed by atoms with Gasteiger partial charge in [0.15, 0.2) is 0 Å². The van der Waals surface area contributed by atoms with Crippen molar-refractivity contribution in [2.75, 3.05) is 12.8 Å². The third-order valence-corrected chi connectivity index (χ3v) is 3.82. The Bertz CT molecular complexity index is 540. The number of methoxy groups -OCH3 is 1. The summed E-state index contributed by atoms with van der Waals surface area (Å²) in [4.78, 5) is 1.13. The van der Waals surface area contributed by atoms with Crippen molar-refractivity contribution in [2.45, 2.75) is 17.6 Å². The SMILES string of the molecule is COc1cc(N)cc(SCc2ccccc2C)c1. The van der Waals surface area contributed by atoms with Crippen LogP contribution in [-0.2, 0) is 5.75 Å². The van der Waals surface area contributed by atoms with E-state index in [1.165, 1.54) is 11.1 Å². The van der Waals surface area contributed by atoms with Gasteiger partial charge in [-0.15, -0.1) is 11.8 Å². The second-order valence-electron chi connectivity index (χ2n) is 4.16. The Morgan fingerprint density at radius 2 is 1.94 bits per heavy atom. The molecule has 94 valence electrons. The molecule has 2 rings (SSSR count). The predicted molar refractivity (Wildman–Crippen MR) is 78.1 cm³/mol. The Balaban J connectivity index is 2.11. The van der Waals surface area contributed by atoms with Crippen molar-refractivity contribution in [3.8, 4) is 5.75 Å². The normalized spacial score (nSPS) is 10.3. The summed E-state index contributed by atoms with van der Waals surface area (Å²) in [5.41, 5.74) is 9.25. The standard InChI is InChI=1S/C15H17NOS/c1-11-5-3-4-6-12(11)10-18-15-8-13(16)7-14(9-15)17-2/h3-9H,10,16H2,1-2H3. The molecule has 2 aromatic rings. The molecule has 0 aliphatic rings. The van der Waals surface area contributed by atoms with Gasteiger partial charge >= 0.3 is 0 Å². The van der Waals surface area contributed by atoms with Crippen molar-refractivity contribution in [3.63, 3.8) is 0 Å². The summed E-state index contributed by atoms with van der Waals surface area (Å²) >= 11 is 1.77. The maximum absolute atomic E-state index is 5.84. The van der Waals surface area contributed by atoms with Crippen LogP contribution < -0.4 is 10.5 Å². The van der Waals surface area contributed by atoms with E-state index in [-0.39, 0.29) is 0 Å². The number of benzene rings is 2. The molecule has 0 amide bonds. The fourth-order valence-corrected chi connectivity index (χ4v) is 2.79. The van der Waals surface area contributed by atoms with Crippen molar-refractivity contribution in [1.29, 1.82) is 0 Å². The quantitative estimate of drug-likeness (QED) is 0.668. The number of anilines is 1. The molecule has 0 aromatic heterocycles. The number of hydrogen-bond donors (Lipinski definition) is 1. The van der Waals surface area contributed by atoms with Crippen LogP contribution in [0.15, 0.2) is 47.4 Å². The summed E-state index contributed by atoms with van der Waals surface area (Å²) in [6.45, 7) is 2.13. The van der Waals surface area contributed by atoms with Crippen molar-refractivity contribution >= 4 is 17.4 Å². The lowest BCUT2D eigenvalue weighted by molar-refractivity contribution is 0.414. The van der Waals surface area contributed by atoms with E-state index in [0.717, 1.165) is 22.1 Å². The minimum atomic E-state index is 0.738. The Labute approximate surface area is 112 Å². The molecule has 0 spiro atoms. The lowest BCUT2D eigenvalue weighted by Crippen LogP contribution is -1.90. The minimum Gasteiger partial charge on any atom is -0.497 e. The molecule has 0 atom stereocenters. The van der Waals surface area contributed by atoms with Crippen LogP contribution in [0.5, 0.6) is 5.75 Å². The highest BCUT2D eigenvalue weighted by Gasteiger charge is 2.02. The van der Waals surface area contributed by atoms with Gasteiger partial charge in [-0.2, -0.15) is 0 Å². The van der Waals surface area contributed by atoms with Gasteiger partial charge in [0.05, 0.1) is 7.11 Å². The van der Waals surface area contributed by atoms with Crippen LogP contribution in [0.2, 0.25) is 0 Å². The molecule has 0 unspecified atom stereocenters. The fraction of sp³-hybridized carbons (Fsp3) is 0.200. The topological polar surface area (TPSA) is 35.2 Å². The van der Waals surface area contributed by atoms with E-state index in [4.69, 9.17) is 10.5 Å². The first-order valence-electron chi connectivity index (χ1n) is 5.81. The Morgan fingerprint density at radius 3 is 2.67 bits per heavy atom. The molecule has 0 fully saturated rings. The number of hydrogen-bond acceptors (Lipinski definition) is 3. The number of nitrogens with two attached hydrogens (primary N) is 1. The predicted octanol–water partition coefficient (Wildman–Crippen LogP) is 3.88. The van der Waals surface area contributed by atoms with E-state index < -0.39 is 0 Å². The molecule has 0 heterocycles. The number of thioether (sulfide) groups is 1. The van der Waals surface area contributed by atoms with Crippen LogP contribution >= 0.6 is 11.8 Å². The van der Waals surface area contributed by atoms with E-state index in [0.29, 0.717) is 0 Å². The van der Waals surface area contributed by atoms with Crippen molar-refractivity contribution in [3.05, 3.63) is 53.6 Å². The first-order chi connectivity index (χ1) is 8.69. The molecular weight excluding hydrogens is 242 g/mol. The molecule has 0 aliphatic carbocycles. The summed E-state index contributed by atoms with van der Waals surface area (Å²) in [6.07, 6.45) is 0. The summed E-state index contributed by atoms with van der Waals surface area (Å²) in [5, 5.41) is 0. The number of rotatable bonds is 4. The van der Waals surface area contributed by atoms with Gasteiger partial charge < -0.3 is 10.5 Å². The Hall–Kier alpha value is -1.61. The van der Waals surface area contributed by atoms with E-state index in [2.05, 4.69) is 31.2 Å². The smallest absolute Gasteiger partial charge is 0.122 e. The molecular formula is C15H17NOS. The molecule has 0 saturated heterocycles. The zero-order chi connectivity index (χ0) is 13.0.